The fourth-order valence-electron chi connectivity index (χ4n) is 2.32. The van der Waals surface area contributed by atoms with Gasteiger partial charge in [-0.15, -0.1) is 11.8 Å². The van der Waals surface area contributed by atoms with Crippen molar-refractivity contribution in [3.63, 3.8) is 0 Å². The average molecular weight is 273 g/mol. The Morgan fingerprint density at radius 1 is 1.53 bits per heavy atom. The molecule has 5 heteroatoms. The third kappa shape index (κ3) is 2.51. The van der Waals surface area contributed by atoms with Crippen LogP contribution in [0.25, 0.3) is 0 Å². The Labute approximate surface area is 116 Å². The summed E-state index contributed by atoms with van der Waals surface area (Å²) in [5.41, 5.74) is 3.05. The number of rotatable bonds is 2. The number of anilines is 1. The maximum absolute atomic E-state index is 12.0. The molecule has 1 amide bonds. The minimum absolute atomic E-state index is 0.0561. The van der Waals surface area contributed by atoms with Crippen molar-refractivity contribution in [2.75, 3.05) is 17.2 Å². The van der Waals surface area contributed by atoms with Crippen LogP contribution in [-0.2, 0) is 4.79 Å². The fourth-order valence-corrected chi connectivity index (χ4v) is 3.36. The highest BCUT2D eigenvalue weighted by atomic mass is 32.2. The first-order valence-corrected chi connectivity index (χ1v) is 7.26. The zero-order valence-corrected chi connectivity index (χ0v) is 11.3. The summed E-state index contributed by atoms with van der Waals surface area (Å²) in [7, 11) is 0. The standard InChI is InChI=1S/C14H15N3OS/c1-10-9-19-13(14(18)16-10)11-4-6-17(8-11)12-3-2-5-15-7-12/h2-3,5,7-8,13H,1,4,6,9H2,(H,16,18). The van der Waals surface area contributed by atoms with Crippen LogP contribution in [0.2, 0.25) is 0 Å². The molecule has 0 spiro atoms. The van der Waals surface area contributed by atoms with Crippen LogP contribution >= 0.6 is 11.8 Å². The Hall–Kier alpha value is -1.75. The molecule has 2 aliphatic heterocycles. The number of aromatic nitrogens is 1. The molecule has 1 unspecified atom stereocenters. The van der Waals surface area contributed by atoms with E-state index in [4.69, 9.17) is 0 Å². The summed E-state index contributed by atoms with van der Waals surface area (Å²) >= 11 is 1.65. The molecule has 0 aromatic carbocycles. The summed E-state index contributed by atoms with van der Waals surface area (Å²) in [6.45, 7) is 4.71. The van der Waals surface area contributed by atoms with Crippen LogP contribution in [0.4, 0.5) is 5.69 Å². The monoisotopic (exact) mass is 273 g/mol. The van der Waals surface area contributed by atoms with Gasteiger partial charge in [0.15, 0.2) is 0 Å². The van der Waals surface area contributed by atoms with Gasteiger partial charge in [0.25, 0.3) is 0 Å². The number of hydrogen-bond donors (Lipinski definition) is 1. The van der Waals surface area contributed by atoms with Crippen molar-refractivity contribution < 1.29 is 4.79 Å². The zero-order valence-electron chi connectivity index (χ0n) is 10.5. The predicted molar refractivity (Wildman–Crippen MR) is 77.8 cm³/mol. The SMILES string of the molecule is C=C1CSC(C2=CN(c3cccnc3)CC2)C(=O)N1. The highest BCUT2D eigenvalue weighted by molar-refractivity contribution is 8.01. The molecular weight excluding hydrogens is 258 g/mol. The van der Waals surface area contributed by atoms with E-state index in [0.29, 0.717) is 0 Å². The molecule has 4 nitrogen and oxygen atoms in total. The topological polar surface area (TPSA) is 45.2 Å². The van der Waals surface area contributed by atoms with Gasteiger partial charge in [-0.05, 0) is 24.1 Å². The molecule has 3 rings (SSSR count). The number of nitrogens with zero attached hydrogens (tertiary/aromatic N) is 2. The summed E-state index contributed by atoms with van der Waals surface area (Å²) in [5, 5.41) is 2.76. The minimum atomic E-state index is -0.0767. The molecule has 0 aliphatic carbocycles. The molecule has 1 aromatic heterocycles. The minimum Gasteiger partial charge on any atom is -0.346 e. The van der Waals surface area contributed by atoms with Crippen LogP contribution < -0.4 is 10.2 Å². The zero-order chi connectivity index (χ0) is 13.2. The predicted octanol–water partition coefficient (Wildman–Crippen LogP) is 1.92. The van der Waals surface area contributed by atoms with Crippen molar-refractivity contribution >= 4 is 23.4 Å². The van der Waals surface area contributed by atoms with Gasteiger partial charge in [-0.3, -0.25) is 9.78 Å². The lowest BCUT2D eigenvalue weighted by molar-refractivity contribution is -0.119. The molecule has 1 aromatic rings. The normalized spacial score (nSPS) is 23.3. The van der Waals surface area contributed by atoms with E-state index in [-0.39, 0.29) is 11.2 Å². The fraction of sp³-hybridized carbons (Fsp3) is 0.286. The van der Waals surface area contributed by atoms with Crippen LogP contribution in [-0.4, -0.2) is 28.4 Å². The Kier molecular flexibility index (Phi) is 3.29. The third-order valence-electron chi connectivity index (χ3n) is 3.24. The molecule has 1 N–H and O–H groups in total. The maximum Gasteiger partial charge on any atom is 0.241 e. The molecule has 1 atom stereocenters. The summed E-state index contributed by atoms with van der Waals surface area (Å²) in [5.74, 6) is 0.848. The van der Waals surface area contributed by atoms with E-state index in [1.807, 2.05) is 18.3 Å². The maximum atomic E-state index is 12.0. The molecule has 1 fully saturated rings. The second-order valence-electron chi connectivity index (χ2n) is 4.64. The van der Waals surface area contributed by atoms with E-state index in [2.05, 4.69) is 28.0 Å². The number of pyridine rings is 1. The van der Waals surface area contributed by atoms with Crippen LogP contribution in [0.5, 0.6) is 0 Å². The number of amides is 1. The van der Waals surface area contributed by atoms with Gasteiger partial charge in [0.1, 0.15) is 5.25 Å². The highest BCUT2D eigenvalue weighted by Crippen LogP contribution is 2.32. The number of carbonyl (C=O) groups is 1. The first-order valence-electron chi connectivity index (χ1n) is 6.21. The second-order valence-corrected chi connectivity index (χ2v) is 5.74. The van der Waals surface area contributed by atoms with Crippen LogP contribution in [0.15, 0.2) is 48.6 Å². The van der Waals surface area contributed by atoms with Gasteiger partial charge in [-0.1, -0.05) is 6.58 Å². The molecule has 0 saturated carbocycles. The van der Waals surface area contributed by atoms with Crippen molar-refractivity contribution in [2.24, 2.45) is 0 Å². The molecule has 3 heterocycles. The van der Waals surface area contributed by atoms with Crippen LogP contribution in [0.1, 0.15) is 6.42 Å². The number of hydrogen-bond acceptors (Lipinski definition) is 4. The first kappa shape index (κ1) is 12.3. The van der Waals surface area contributed by atoms with E-state index < -0.39 is 0 Å². The van der Waals surface area contributed by atoms with E-state index >= 15 is 0 Å². The van der Waals surface area contributed by atoms with E-state index in [9.17, 15) is 4.79 Å². The molecule has 1 saturated heterocycles. The van der Waals surface area contributed by atoms with Gasteiger partial charge in [-0.25, -0.2) is 0 Å². The second kappa shape index (κ2) is 5.09. The number of nitrogens with one attached hydrogen (secondary N) is 1. The van der Waals surface area contributed by atoms with Gasteiger partial charge in [0, 0.05) is 30.4 Å². The quantitative estimate of drug-likeness (QED) is 0.894. The van der Waals surface area contributed by atoms with Crippen molar-refractivity contribution in [3.8, 4) is 0 Å². The van der Waals surface area contributed by atoms with E-state index in [0.717, 1.165) is 30.1 Å². The molecule has 19 heavy (non-hydrogen) atoms. The lowest BCUT2D eigenvalue weighted by Gasteiger charge is -2.23. The Bertz CT molecular complexity index is 541. The summed E-state index contributed by atoms with van der Waals surface area (Å²) in [6.07, 6.45) is 6.62. The number of carbonyl (C=O) groups excluding carboxylic acids is 1. The molecule has 2 aliphatic rings. The van der Waals surface area contributed by atoms with Crippen molar-refractivity contribution in [1.82, 2.24) is 10.3 Å². The van der Waals surface area contributed by atoms with Gasteiger partial charge < -0.3 is 10.2 Å². The van der Waals surface area contributed by atoms with Crippen molar-refractivity contribution in [3.05, 3.63) is 48.6 Å². The van der Waals surface area contributed by atoms with Crippen LogP contribution in [0.3, 0.4) is 0 Å². The third-order valence-corrected chi connectivity index (χ3v) is 4.61. The lowest BCUT2D eigenvalue weighted by atomic mass is 10.1. The highest BCUT2D eigenvalue weighted by Gasteiger charge is 2.30. The van der Waals surface area contributed by atoms with Gasteiger partial charge in [-0.2, -0.15) is 0 Å². The summed E-state index contributed by atoms with van der Waals surface area (Å²) in [4.78, 5) is 18.2. The smallest absolute Gasteiger partial charge is 0.241 e. The van der Waals surface area contributed by atoms with Gasteiger partial charge >= 0.3 is 0 Å². The van der Waals surface area contributed by atoms with Crippen molar-refractivity contribution in [1.29, 1.82) is 0 Å². The largest absolute Gasteiger partial charge is 0.346 e. The first-order chi connectivity index (χ1) is 9.24. The molecule has 0 bridgehead atoms. The van der Waals surface area contributed by atoms with Gasteiger partial charge in [0.2, 0.25) is 5.91 Å². The number of thioether (sulfide) groups is 1. The van der Waals surface area contributed by atoms with Crippen LogP contribution in [0, 0.1) is 0 Å². The Morgan fingerprint density at radius 3 is 3.16 bits per heavy atom. The average Bonchev–Trinajstić information content (AvgIpc) is 2.89. The van der Waals surface area contributed by atoms with Crippen molar-refractivity contribution in [2.45, 2.75) is 11.7 Å². The molecular formula is C14H15N3OS. The lowest BCUT2D eigenvalue weighted by Crippen LogP contribution is -2.38. The Balaban J connectivity index is 1.76. The van der Waals surface area contributed by atoms with E-state index in [1.54, 1.807) is 18.0 Å². The van der Waals surface area contributed by atoms with Gasteiger partial charge in [0.05, 0.1) is 11.9 Å². The summed E-state index contributed by atoms with van der Waals surface area (Å²) in [6, 6.07) is 3.95. The van der Waals surface area contributed by atoms with E-state index in [1.165, 1.54) is 5.57 Å². The Morgan fingerprint density at radius 2 is 2.42 bits per heavy atom. The molecule has 98 valence electrons. The molecule has 0 radical (unpaired) electrons. The summed E-state index contributed by atoms with van der Waals surface area (Å²) < 4.78 is 0.